The molecule has 1 N–H and O–H groups in total. The SMILES string of the molecule is Cc1c(F)cccc1CN1CCC2(CC1)C[C@@H](NS(C)(=O)=O)CCO2. The van der Waals surface area contributed by atoms with Crippen LogP contribution < -0.4 is 4.72 Å². The fraction of sp³-hybridized carbons (Fsp3) is 0.667. The number of benzene rings is 1. The zero-order valence-corrected chi connectivity index (χ0v) is 15.7. The third-order valence-corrected chi connectivity index (χ3v) is 6.18. The van der Waals surface area contributed by atoms with Crippen LogP contribution in [0.25, 0.3) is 0 Å². The molecule has 25 heavy (non-hydrogen) atoms. The summed E-state index contributed by atoms with van der Waals surface area (Å²) in [6.07, 6.45) is 4.42. The fourth-order valence-electron chi connectivity index (χ4n) is 3.96. The molecular weight excluding hydrogens is 343 g/mol. The van der Waals surface area contributed by atoms with Crippen LogP contribution in [0.5, 0.6) is 0 Å². The summed E-state index contributed by atoms with van der Waals surface area (Å²) in [6, 6.07) is 5.19. The summed E-state index contributed by atoms with van der Waals surface area (Å²) in [5, 5.41) is 0. The summed E-state index contributed by atoms with van der Waals surface area (Å²) < 4.78 is 45.5. The lowest BCUT2D eigenvalue weighted by Gasteiger charge is -2.46. The largest absolute Gasteiger partial charge is 0.375 e. The van der Waals surface area contributed by atoms with E-state index in [1.54, 1.807) is 6.07 Å². The van der Waals surface area contributed by atoms with E-state index in [4.69, 9.17) is 4.74 Å². The summed E-state index contributed by atoms with van der Waals surface area (Å²) in [6.45, 7) is 4.91. The Morgan fingerprint density at radius 2 is 2.08 bits per heavy atom. The van der Waals surface area contributed by atoms with E-state index in [1.807, 2.05) is 13.0 Å². The number of rotatable bonds is 4. The molecule has 1 aromatic carbocycles. The maximum Gasteiger partial charge on any atom is 0.208 e. The van der Waals surface area contributed by atoms with Gasteiger partial charge in [0.1, 0.15) is 5.82 Å². The zero-order chi connectivity index (χ0) is 18.1. The number of nitrogens with one attached hydrogen (secondary N) is 1. The van der Waals surface area contributed by atoms with Crippen molar-refractivity contribution in [1.82, 2.24) is 9.62 Å². The summed E-state index contributed by atoms with van der Waals surface area (Å²) in [5.74, 6) is -0.156. The summed E-state index contributed by atoms with van der Waals surface area (Å²) >= 11 is 0. The molecule has 2 aliphatic rings. The Hall–Kier alpha value is -1.02. The van der Waals surface area contributed by atoms with Crippen molar-refractivity contribution in [2.24, 2.45) is 0 Å². The quantitative estimate of drug-likeness (QED) is 0.883. The van der Waals surface area contributed by atoms with Gasteiger partial charge in [-0.3, -0.25) is 4.90 Å². The molecule has 0 bridgehead atoms. The van der Waals surface area contributed by atoms with Crippen LogP contribution in [0.15, 0.2) is 18.2 Å². The Labute approximate surface area is 149 Å². The van der Waals surface area contributed by atoms with Gasteiger partial charge in [-0.25, -0.2) is 17.5 Å². The monoisotopic (exact) mass is 370 g/mol. The van der Waals surface area contributed by atoms with Crippen molar-refractivity contribution in [1.29, 1.82) is 0 Å². The molecule has 1 atom stereocenters. The van der Waals surface area contributed by atoms with Crippen molar-refractivity contribution in [2.75, 3.05) is 26.0 Å². The second-order valence-electron chi connectivity index (χ2n) is 7.41. The maximum absolute atomic E-state index is 13.7. The fourth-order valence-corrected chi connectivity index (χ4v) is 4.77. The van der Waals surface area contributed by atoms with Gasteiger partial charge in [-0.15, -0.1) is 0 Å². The van der Waals surface area contributed by atoms with Crippen LogP contribution in [-0.4, -0.2) is 50.9 Å². The van der Waals surface area contributed by atoms with Crippen LogP contribution in [0, 0.1) is 12.7 Å². The molecule has 0 unspecified atom stereocenters. The van der Waals surface area contributed by atoms with E-state index in [9.17, 15) is 12.8 Å². The molecule has 0 aliphatic carbocycles. The molecule has 1 aromatic rings. The van der Waals surface area contributed by atoms with E-state index in [-0.39, 0.29) is 17.5 Å². The highest BCUT2D eigenvalue weighted by molar-refractivity contribution is 7.88. The number of hydrogen-bond donors (Lipinski definition) is 1. The molecule has 3 rings (SSSR count). The minimum atomic E-state index is -3.19. The van der Waals surface area contributed by atoms with Gasteiger partial charge in [0.15, 0.2) is 0 Å². The second kappa shape index (κ2) is 7.31. The smallest absolute Gasteiger partial charge is 0.208 e. The first-order valence-electron chi connectivity index (χ1n) is 8.84. The van der Waals surface area contributed by atoms with E-state index >= 15 is 0 Å². The lowest BCUT2D eigenvalue weighted by Crippen LogP contribution is -2.53. The van der Waals surface area contributed by atoms with Crippen LogP contribution >= 0.6 is 0 Å². The van der Waals surface area contributed by atoms with Crippen LogP contribution in [0.4, 0.5) is 4.39 Å². The summed E-state index contributed by atoms with van der Waals surface area (Å²) in [7, 11) is -3.19. The topological polar surface area (TPSA) is 58.6 Å². The average molecular weight is 370 g/mol. The highest BCUT2D eigenvalue weighted by Gasteiger charge is 2.40. The number of piperidine rings is 1. The predicted octanol–water partition coefficient (Wildman–Crippen LogP) is 2.20. The van der Waals surface area contributed by atoms with Gasteiger partial charge in [0, 0.05) is 32.3 Å². The number of likely N-dealkylation sites (tertiary alicyclic amines) is 1. The van der Waals surface area contributed by atoms with Gasteiger partial charge < -0.3 is 4.74 Å². The average Bonchev–Trinajstić information content (AvgIpc) is 2.53. The zero-order valence-electron chi connectivity index (χ0n) is 14.9. The first kappa shape index (κ1) is 18.8. The molecule has 1 spiro atoms. The maximum atomic E-state index is 13.7. The van der Waals surface area contributed by atoms with Crippen LogP contribution in [0.3, 0.4) is 0 Å². The lowest BCUT2D eigenvalue weighted by molar-refractivity contribution is -0.118. The van der Waals surface area contributed by atoms with Crippen molar-refractivity contribution >= 4 is 10.0 Å². The molecule has 0 amide bonds. The molecule has 2 aliphatic heterocycles. The number of hydrogen-bond acceptors (Lipinski definition) is 4. The van der Waals surface area contributed by atoms with Crippen molar-refractivity contribution in [2.45, 2.75) is 50.8 Å². The Kier molecular flexibility index (Phi) is 5.48. The molecule has 0 aromatic heterocycles. The number of ether oxygens (including phenoxy) is 1. The number of sulfonamides is 1. The predicted molar refractivity (Wildman–Crippen MR) is 95.3 cm³/mol. The third-order valence-electron chi connectivity index (χ3n) is 5.41. The first-order chi connectivity index (χ1) is 11.8. The number of nitrogens with zero attached hydrogens (tertiary/aromatic N) is 1. The standard InChI is InChI=1S/C18H27FN2O3S/c1-14-15(4-3-5-17(14)19)13-21-9-7-18(8-10-21)12-16(6-11-24-18)20-25(2,22)23/h3-5,16,20H,6-13H2,1-2H3/t16-/m0/s1. The van der Waals surface area contributed by atoms with E-state index in [0.29, 0.717) is 12.2 Å². The van der Waals surface area contributed by atoms with Crippen LogP contribution in [-0.2, 0) is 21.3 Å². The lowest BCUT2D eigenvalue weighted by atomic mass is 9.82. The van der Waals surface area contributed by atoms with Crippen molar-refractivity contribution in [3.63, 3.8) is 0 Å². The van der Waals surface area contributed by atoms with Gasteiger partial charge >= 0.3 is 0 Å². The highest BCUT2D eigenvalue weighted by atomic mass is 32.2. The summed E-state index contributed by atoms with van der Waals surface area (Å²) in [4.78, 5) is 2.32. The highest BCUT2D eigenvalue weighted by Crippen LogP contribution is 2.35. The summed E-state index contributed by atoms with van der Waals surface area (Å²) in [5.41, 5.74) is 1.51. The molecule has 140 valence electrons. The molecule has 2 fully saturated rings. The van der Waals surface area contributed by atoms with E-state index in [0.717, 1.165) is 50.9 Å². The van der Waals surface area contributed by atoms with Crippen molar-refractivity contribution < 1.29 is 17.5 Å². The van der Waals surface area contributed by atoms with Gasteiger partial charge in [0.25, 0.3) is 0 Å². The Morgan fingerprint density at radius 3 is 2.76 bits per heavy atom. The minimum Gasteiger partial charge on any atom is -0.375 e. The molecule has 7 heteroatoms. The molecule has 0 radical (unpaired) electrons. The van der Waals surface area contributed by atoms with Gasteiger partial charge in [-0.1, -0.05) is 12.1 Å². The van der Waals surface area contributed by atoms with E-state index in [1.165, 1.54) is 12.3 Å². The van der Waals surface area contributed by atoms with Crippen LogP contribution in [0.2, 0.25) is 0 Å². The Balaban J connectivity index is 1.58. The molecule has 2 heterocycles. The minimum absolute atomic E-state index is 0.0410. The Morgan fingerprint density at radius 1 is 1.36 bits per heavy atom. The van der Waals surface area contributed by atoms with Gasteiger partial charge in [-0.2, -0.15) is 0 Å². The molecule has 0 saturated carbocycles. The van der Waals surface area contributed by atoms with Gasteiger partial charge in [-0.05, 0) is 49.8 Å². The van der Waals surface area contributed by atoms with E-state index in [2.05, 4.69) is 9.62 Å². The number of halogens is 1. The van der Waals surface area contributed by atoms with E-state index < -0.39 is 10.0 Å². The molecular formula is C18H27FN2O3S. The normalized spacial score (nSPS) is 24.5. The van der Waals surface area contributed by atoms with Crippen LogP contribution in [0.1, 0.15) is 36.8 Å². The Bertz CT molecular complexity index is 715. The third kappa shape index (κ3) is 4.78. The van der Waals surface area contributed by atoms with Crippen molar-refractivity contribution in [3.05, 3.63) is 35.1 Å². The van der Waals surface area contributed by atoms with Gasteiger partial charge in [0.2, 0.25) is 10.0 Å². The molecule has 2 saturated heterocycles. The van der Waals surface area contributed by atoms with Gasteiger partial charge in [0.05, 0.1) is 11.9 Å². The molecule has 5 nitrogen and oxygen atoms in total. The first-order valence-corrected chi connectivity index (χ1v) is 10.7. The van der Waals surface area contributed by atoms with Crippen molar-refractivity contribution in [3.8, 4) is 0 Å². The second-order valence-corrected chi connectivity index (χ2v) is 9.19.